The largest absolute Gasteiger partial charge is 0.497 e. The van der Waals surface area contributed by atoms with E-state index in [9.17, 15) is 4.79 Å². The molecule has 5 rings (SSSR count). The van der Waals surface area contributed by atoms with Gasteiger partial charge in [0.2, 0.25) is 5.91 Å². The Hall–Kier alpha value is -3.61. The molecule has 0 unspecified atom stereocenters. The van der Waals surface area contributed by atoms with Gasteiger partial charge in [-0.25, -0.2) is 0 Å². The summed E-state index contributed by atoms with van der Waals surface area (Å²) >= 11 is 0. The van der Waals surface area contributed by atoms with Crippen molar-refractivity contribution >= 4 is 22.5 Å². The average molecular weight is 498 g/mol. The first-order valence-electron chi connectivity index (χ1n) is 13.0. The number of H-pyrrole nitrogens is 1. The lowest BCUT2D eigenvalue weighted by atomic mass is 9.99. The Morgan fingerprint density at radius 1 is 0.973 bits per heavy atom. The van der Waals surface area contributed by atoms with Crippen LogP contribution in [0, 0.1) is 0 Å². The van der Waals surface area contributed by atoms with Crippen LogP contribution in [0.2, 0.25) is 0 Å². The van der Waals surface area contributed by atoms with Gasteiger partial charge >= 0.3 is 0 Å². The molecule has 0 saturated carbocycles. The highest BCUT2D eigenvalue weighted by molar-refractivity contribution is 5.97. The number of carbonyl (C=O) groups is 1. The van der Waals surface area contributed by atoms with Gasteiger partial charge in [0.25, 0.3) is 0 Å². The van der Waals surface area contributed by atoms with E-state index >= 15 is 0 Å². The number of nitrogens with zero attached hydrogens (tertiary/aromatic N) is 1. The monoisotopic (exact) mass is 497 g/mol. The topological polar surface area (TPSA) is 66.6 Å². The van der Waals surface area contributed by atoms with Gasteiger partial charge in [-0.15, -0.1) is 0 Å². The van der Waals surface area contributed by atoms with E-state index in [0.717, 1.165) is 42.7 Å². The van der Waals surface area contributed by atoms with Gasteiger partial charge in [-0.2, -0.15) is 0 Å². The maximum absolute atomic E-state index is 13.6. The summed E-state index contributed by atoms with van der Waals surface area (Å²) in [6, 6.07) is 24.3. The van der Waals surface area contributed by atoms with E-state index in [2.05, 4.69) is 58.8 Å². The fourth-order valence-corrected chi connectivity index (χ4v) is 5.19. The number of hydrogen-bond acceptors (Lipinski definition) is 4. The third-order valence-electron chi connectivity index (χ3n) is 7.24. The molecule has 1 aromatic heterocycles. The first kappa shape index (κ1) is 25.1. The Bertz CT molecular complexity index is 1350. The van der Waals surface area contributed by atoms with Gasteiger partial charge in [-0.3, -0.25) is 10.1 Å². The molecule has 2 N–H and O–H groups in total. The van der Waals surface area contributed by atoms with Crippen LogP contribution in [0.15, 0.2) is 72.8 Å². The van der Waals surface area contributed by atoms with Crippen molar-refractivity contribution in [3.8, 4) is 5.75 Å². The van der Waals surface area contributed by atoms with Crippen LogP contribution in [-0.4, -0.2) is 44.4 Å². The highest BCUT2D eigenvalue weighted by atomic mass is 16.5. The van der Waals surface area contributed by atoms with Crippen LogP contribution in [0.5, 0.6) is 5.75 Å². The van der Waals surface area contributed by atoms with E-state index in [0.29, 0.717) is 19.8 Å². The van der Waals surface area contributed by atoms with E-state index in [1.165, 1.54) is 27.7 Å². The Balaban J connectivity index is 1.37. The number of ether oxygens (including phenoxy) is 2. The third-order valence-corrected chi connectivity index (χ3v) is 7.24. The number of anilines is 1. The summed E-state index contributed by atoms with van der Waals surface area (Å²) in [6.45, 7) is 0.898. The number of nitrogens with one attached hydrogen (secondary N) is 2. The quantitative estimate of drug-likeness (QED) is 0.416. The zero-order valence-corrected chi connectivity index (χ0v) is 21.6. The number of aromatic nitrogens is 1. The van der Waals surface area contributed by atoms with Gasteiger partial charge in [0.05, 0.1) is 26.5 Å². The molecule has 1 atom stereocenters. The Morgan fingerprint density at radius 2 is 1.78 bits per heavy atom. The third kappa shape index (κ3) is 5.87. The van der Waals surface area contributed by atoms with Gasteiger partial charge in [-0.1, -0.05) is 42.5 Å². The zero-order chi connectivity index (χ0) is 25.6. The summed E-state index contributed by atoms with van der Waals surface area (Å²) in [5.41, 5.74) is 7.10. The maximum Gasteiger partial charge on any atom is 0.244 e. The number of carbonyl (C=O) groups excluding carboxylic acids is 1. The standard InChI is InChI=1S/C31H35N3O3/c1-34(24-13-15-25(36-2)16-14-24)31(35)30-20-23-9-5-7-22(19-23)8-6-12-29-27(17-18-37-21-32-30)26-10-3-4-11-28(26)33-29/h3-5,7,9-11,13-16,19,30,32-33H,6,8,12,17-18,20-21H2,1-2H3/t30-/m0/s1. The lowest BCUT2D eigenvalue weighted by Gasteiger charge is -2.25. The summed E-state index contributed by atoms with van der Waals surface area (Å²) in [6.07, 6.45) is 4.49. The van der Waals surface area contributed by atoms with E-state index in [4.69, 9.17) is 9.47 Å². The van der Waals surface area contributed by atoms with Gasteiger partial charge in [0.15, 0.2) is 0 Å². The fourth-order valence-electron chi connectivity index (χ4n) is 5.19. The number of aryl methyl sites for hydroxylation is 2. The minimum absolute atomic E-state index is 0.00222. The number of likely N-dealkylation sites (N-methyl/N-ethyl adjacent to an activating group) is 1. The van der Waals surface area contributed by atoms with E-state index in [1.54, 1.807) is 12.0 Å². The van der Waals surface area contributed by atoms with Crippen LogP contribution in [0.25, 0.3) is 10.9 Å². The van der Waals surface area contributed by atoms with Crippen molar-refractivity contribution in [1.82, 2.24) is 10.3 Å². The lowest BCUT2D eigenvalue weighted by molar-refractivity contribution is -0.120. The molecule has 2 heterocycles. The van der Waals surface area contributed by atoms with Crippen LogP contribution in [0.1, 0.15) is 28.8 Å². The number of fused-ring (bicyclic) bond motifs is 5. The number of amides is 1. The number of para-hydroxylation sites is 1. The first-order chi connectivity index (χ1) is 18.1. The molecule has 0 saturated heterocycles. The molecule has 37 heavy (non-hydrogen) atoms. The molecule has 6 nitrogen and oxygen atoms in total. The van der Waals surface area contributed by atoms with Gasteiger partial charge in [-0.05, 0) is 79.1 Å². The molecule has 0 spiro atoms. The molecule has 0 fully saturated rings. The zero-order valence-electron chi connectivity index (χ0n) is 21.6. The number of methoxy groups -OCH3 is 1. The number of rotatable bonds is 3. The first-order valence-corrected chi connectivity index (χ1v) is 13.0. The molecule has 2 bridgehead atoms. The van der Waals surface area contributed by atoms with Crippen LogP contribution < -0.4 is 15.0 Å². The van der Waals surface area contributed by atoms with Gasteiger partial charge in [0, 0.05) is 29.3 Å². The molecule has 192 valence electrons. The van der Waals surface area contributed by atoms with Crippen molar-refractivity contribution in [3.63, 3.8) is 0 Å². The second-order valence-electron chi connectivity index (χ2n) is 9.66. The van der Waals surface area contributed by atoms with E-state index in [-0.39, 0.29) is 5.91 Å². The molecule has 4 aromatic rings. The SMILES string of the molecule is COc1ccc(N(C)C(=O)[C@@H]2Cc3cccc(c3)CCCc3[nH]c4ccccc4c3CCOCN2)cc1. The molecular formula is C31H35N3O3. The van der Waals surface area contributed by atoms with Crippen LogP contribution in [0.4, 0.5) is 5.69 Å². The van der Waals surface area contributed by atoms with Crippen molar-refractivity contribution in [1.29, 1.82) is 0 Å². The minimum Gasteiger partial charge on any atom is -0.497 e. The van der Waals surface area contributed by atoms with E-state index < -0.39 is 6.04 Å². The van der Waals surface area contributed by atoms with Crippen molar-refractivity contribution in [2.75, 3.05) is 32.4 Å². The van der Waals surface area contributed by atoms with Gasteiger partial charge < -0.3 is 19.4 Å². The minimum atomic E-state index is -0.406. The predicted octanol–water partition coefficient (Wildman–Crippen LogP) is 5.05. The Morgan fingerprint density at radius 3 is 2.62 bits per heavy atom. The summed E-state index contributed by atoms with van der Waals surface area (Å²) in [5, 5.41) is 4.65. The van der Waals surface area contributed by atoms with Crippen LogP contribution in [-0.2, 0) is 35.2 Å². The van der Waals surface area contributed by atoms with Crippen molar-refractivity contribution < 1.29 is 14.3 Å². The number of benzene rings is 3. The average Bonchev–Trinajstić information content (AvgIpc) is 3.28. The highest BCUT2D eigenvalue weighted by Gasteiger charge is 2.24. The van der Waals surface area contributed by atoms with E-state index in [1.807, 2.05) is 31.3 Å². The maximum atomic E-state index is 13.6. The second-order valence-corrected chi connectivity index (χ2v) is 9.66. The Labute approximate surface area is 218 Å². The van der Waals surface area contributed by atoms with Gasteiger partial charge in [0.1, 0.15) is 5.75 Å². The number of hydrogen-bond donors (Lipinski definition) is 2. The summed E-state index contributed by atoms with van der Waals surface area (Å²) in [4.78, 5) is 18.9. The molecule has 0 radical (unpaired) electrons. The summed E-state index contributed by atoms with van der Waals surface area (Å²) in [5.74, 6) is 0.766. The molecule has 1 amide bonds. The van der Waals surface area contributed by atoms with Crippen LogP contribution >= 0.6 is 0 Å². The molecule has 3 aromatic carbocycles. The molecule has 1 aliphatic heterocycles. The van der Waals surface area contributed by atoms with Crippen molar-refractivity contribution in [3.05, 3.63) is 95.2 Å². The second kappa shape index (κ2) is 11.6. The summed E-state index contributed by atoms with van der Waals surface area (Å²) in [7, 11) is 3.45. The molecule has 1 aliphatic rings. The fraction of sp³-hybridized carbons (Fsp3) is 0.323. The molecule has 0 aliphatic carbocycles. The highest BCUT2D eigenvalue weighted by Crippen LogP contribution is 2.25. The predicted molar refractivity (Wildman–Crippen MR) is 148 cm³/mol. The normalized spacial score (nSPS) is 16.9. The number of aromatic amines is 1. The smallest absolute Gasteiger partial charge is 0.244 e. The molecule has 6 heteroatoms. The Kier molecular flexibility index (Phi) is 7.87. The van der Waals surface area contributed by atoms with Crippen LogP contribution in [0.3, 0.4) is 0 Å². The summed E-state index contributed by atoms with van der Waals surface area (Å²) < 4.78 is 11.3. The lowest BCUT2D eigenvalue weighted by Crippen LogP contribution is -2.47. The van der Waals surface area contributed by atoms with Crippen molar-refractivity contribution in [2.45, 2.75) is 38.1 Å². The molecular weight excluding hydrogens is 462 g/mol. The van der Waals surface area contributed by atoms with Crippen molar-refractivity contribution in [2.24, 2.45) is 0 Å².